The lowest BCUT2D eigenvalue weighted by Crippen LogP contribution is -2.56. The molecule has 0 spiro atoms. The number of rotatable bonds is 13. The zero-order valence-corrected chi connectivity index (χ0v) is 19.5. The number of piperidine rings is 1. The summed E-state index contributed by atoms with van der Waals surface area (Å²) in [7, 11) is 0. The van der Waals surface area contributed by atoms with E-state index in [1.165, 1.54) is 25.7 Å². The van der Waals surface area contributed by atoms with Crippen molar-refractivity contribution in [3.63, 3.8) is 0 Å². The quantitative estimate of drug-likeness (QED) is 0.332. The van der Waals surface area contributed by atoms with E-state index in [-0.39, 0.29) is 18.4 Å². The highest BCUT2D eigenvalue weighted by Gasteiger charge is 2.40. The highest BCUT2D eigenvalue weighted by molar-refractivity contribution is 5.99. The Morgan fingerprint density at radius 1 is 1.15 bits per heavy atom. The average Bonchev–Trinajstić information content (AvgIpc) is 3.11. The minimum Gasteiger partial charge on any atom is -0.490 e. The van der Waals surface area contributed by atoms with Crippen molar-refractivity contribution in [1.82, 2.24) is 10.2 Å². The molecule has 4 atom stereocenters. The smallest absolute Gasteiger partial charge is 0.303 e. The Morgan fingerprint density at radius 3 is 2.64 bits per heavy atom. The summed E-state index contributed by atoms with van der Waals surface area (Å²) in [6.07, 6.45) is 7.15. The summed E-state index contributed by atoms with van der Waals surface area (Å²) in [5.41, 5.74) is 1.34. The summed E-state index contributed by atoms with van der Waals surface area (Å²) in [5.74, 6) is -0.383. The van der Waals surface area contributed by atoms with Gasteiger partial charge in [0.25, 0.3) is 5.91 Å². The van der Waals surface area contributed by atoms with E-state index in [4.69, 9.17) is 9.84 Å². The third-order valence-electron chi connectivity index (χ3n) is 6.67. The average molecular weight is 463 g/mol. The normalized spacial score (nSPS) is 23.4. The molecule has 1 aromatic rings. The number of aliphatic hydroxyl groups excluding tert-OH is 2. The third-order valence-corrected chi connectivity index (χ3v) is 6.67. The van der Waals surface area contributed by atoms with Crippen LogP contribution in [0.4, 0.5) is 0 Å². The zero-order valence-electron chi connectivity index (χ0n) is 19.5. The van der Waals surface area contributed by atoms with Crippen LogP contribution in [-0.4, -0.2) is 56.7 Å². The van der Waals surface area contributed by atoms with Crippen molar-refractivity contribution >= 4 is 11.9 Å². The molecule has 0 aromatic heterocycles. The van der Waals surface area contributed by atoms with Crippen molar-refractivity contribution in [2.24, 2.45) is 0 Å². The SMILES string of the molecule is CCCCCCCCC(CCC(=O)O)Oc1cccc2c1CN(C1CCC(O)NC1O)C2=O. The topological polar surface area (TPSA) is 119 Å². The molecule has 33 heavy (non-hydrogen) atoms. The number of carboxylic acids is 1. The number of ether oxygens (including phenoxy) is 1. The second kappa shape index (κ2) is 12.3. The van der Waals surface area contributed by atoms with Crippen LogP contribution in [0.25, 0.3) is 0 Å². The standard InChI is InChI=1S/C25H38N2O6/c1-2-3-4-5-6-7-9-17(12-15-23(29)30)33-21-11-8-10-18-19(21)16-27(25(18)32)20-13-14-22(28)26-24(20)31/h8,10-11,17,20,22,24,26,28,31H,2-7,9,12-16H2,1H3,(H,29,30). The van der Waals surface area contributed by atoms with E-state index in [0.29, 0.717) is 37.1 Å². The van der Waals surface area contributed by atoms with E-state index in [1.54, 1.807) is 17.0 Å². The van der Waals surface area contributed by atoms with Crippen LogP contribution in [0.15, 0.2) is 18.2 Å². The second-order valence-corrected chi connectivity index (χ2v) is 9.22. The molecule has 1 fully saturated rings. The van der Waals surface area contributed by atoms with E-state index < -0.39 is 24.5 Å². The molecule has 2 aliphatic rings. The zero-order chi connectivity index (χ0) is 23.8. The van der Waals surface area contributed by atoms with Crippen LogP contribution < -0.4 is 10.1 Å². The Hall–Kier alpha value is -2.16. The summed E-state index contributed by atoms with van der Waals surface area (Å²) in [6.45, 7) is 2.52. The number of nitrogens with zero attached hydrogens (tertiary/aromatic N) is 1. The van der Waals surface area contributed by atoms with E-state index in [1.807, 2.05) is 6.07 Å². The summed E-state index contributed by atoms with van der Waals surface area (Å²) >= 11 is 0. The molecule has 3 rings (SSSR count). The molecule has 4 N–H and O–H groups in total. The molecule has 8 heteroatoms. The molecule has 1 amide bonds. The van der Waals surface area contributed by atoms with Gasteiger partial charge in [-0.3, -0.25) is 14.9 Å². The van der Waals surface area contributed by atoms with E-state index >= 15 is 0 Å². The Bertz CT molecular complexity index is 801. The predicted molar refractivity (Wildman–Crippen MR) is 124 cm³/mol. The number of benzene rings is 1. The first-order chi connectivity index (χ1) is 15.9. The first-order valence-electron chi connectivity index (χ1n) is 12.3. The van der Waals surface area contributed by atoms with Gasteiger partial charge in [-0.15, -0.1) is 0 Å². The fourth-order valence-electron chi connectivity index (χ4n) is 4.79. The van der Waals surface area contributed by atoms with Crippen molar-refractivity contribution in [3.8, 4) is 5.75 Å². The van der Waals surface area contributed by atoms with E-state index in [2.05, 4.69) is 12.2 Å². The van der Waals surface area contributed by atoms with Crippen LogP contribution >= 0.6 is 0 Å². The van der Waals surface area contributed by atoms with Crippen LogP contribution in [0.3, 0.4) is 0 Å². The lowest BCUT2D eigenvalue weighted by atomic mass is 10.0. The molecule has 184 valence electrons. The number of carbonyl (C=O) groups is 2. The van der Waals surface area contributed by atoms with Gasteiger partial charge in [0.15, 0.2) is 0 Å². The molecule has 1 saturated heterocycles. The summed E-state index contributed by atoms with van der Waals surface area (Å²) in [5, 5.41) is 31.9. The van der Waals surface area contributed by atoms with Crippen LogP contribution in [0.2, 0.25) is 0 Å². The number of carboxylic acid groups (broad SMARTS) is 1. The van der Waals surface area contributed by atoms with Gasteiger partial charge in [-0.05, 0) is 44.2 Å². The molecule has 0 aliphatic carbocycles. The van der Waals surface area contributed by atoms with Gasteiger partial charge in [0.2, 0.25) is 0 Å². The monoisotopic (exact) mass is 462 g/mol. The Morgan fingerprint density at radius 2 is 1.91 bits per heavy atom. The van der Waals surface area contributed by atoms with Crippen LogP contribution in [0, 0.1) is 0 Å². The third kappa shape index (κ3) is 6.91. The molecule has 2 aliphatic heterocycles. The van der Waals surface area contributed by atoms with E-state index in [0.717, 1.165) is 24.8 Å². The highest BCUT2D eigenvalue weighted by Crippen LogP contribution is 2.35. The van der Waals surface area contributed by atoms with Gasteiger partial charge < -0.3 is 25.0 Å². The summed E-state index contributed by atoms with van der Waals surface area (Å²) in [6, 6.07) is 4.96. The van der Waals surface area contributed by atoms with Crippen molar-refractivity contribution in [3.05, 3.63) is 29.3 Å². The largest absolute Gasteiger partial charge is 0.490 e. The number of unbranched alkanes of at least 4 members (excludes halogenated alkanes) is 5. The van der Waals surface area contributed by atoms with Gasteiger partial charge in [-0.2, -0.15) is 0 Å². The number of aliphatic hydroxyl groups is 2. The van der Waals surface area contributed by atoms with Crippen LogP contribution in [0.5, 0.6) is 5.75 Å². The van der Waals surface area contributed by atoms with Crippen LogP contribution in [-0.2, 0) is 11.3 Å². The fraction of sp³-hybridized carbons (Fsp3) is 0.680. The summed E-state index contributed by atoms with van der Waals surface area (Å²) < 4.78 is 6.30. The van der Waals surface area contributed by atoms with Crippen molar-refractivity contribution < 1.29 is 29.6 Å². The number of amides is 1. The molecule has 4 unspecified atom stereocenters. The number of carbonyl (C=O) groups excluding carboxylic acids is 1. The number of nitrogens with one attached hydrogen (secondary N) is 1. The van der Waals surface area contributed by atoms with Gasteiger partial charge in [0.05, 0.1) is 18.7 Å². The predicted octanol–water partition coefficient (Wildman–Crippen LogP) is 3.39. The molecule has 1 aromatic carbocycles. The minimum absolute atomic E-state index is 0.0445. The maximum atomic E-state index is 13.1. The number of fused-ring (bicyclic) bond motifs is 1. The van der Waals surface area contributed by atoms with Gasteiger partial charge >= 0.3 is 5.97 Å². The van der Waals surface area contributed by atoms with Gasteiger partial charge in [0.1, 0.15) is 18.2 Å². The van der Waals surface area contributed by atoms with E-state index in [9.17, 15) is 19.8 Å². The molecule has 0 saturated carbocycles. The Labute approximate surface area is 195 Å². The first-order valence-corrected chi connectivity index (χ1v) is 12.3. The van der Waals surface area contributed by atoms with Gasteiger partial charge in [-0.25, -0.2) is 0 Å². The van der Waals surface area contributed by atoms with Crippen molar-refractivity contribution in [2.45, 2.75) is 109 Å². The molecule has 8 nitrogen and oxygen atoms in total. The van der Waals surface area contributed by atoms with Crippen molar-refractivity contribution in [1.29, 1.82) is 0 Å². The lowest BCUT2D eigenvalue weighted by Gasteiger charge is -2.37. The first kappa shape index (κ1) is 25.5. The van der Waals surface area contributed by atoms with Crippen LogP contribution in [0.1, 0.15) is 93.5 Å². The molecule has 2 heterocycles. The second-order valence-electron chi connectivity index (χ2n) is 9.22. The Kier molecular flexibility index (Phi) is 9.52. The maximum absolute atomic E-state index is 13.1. The molecular weight excluding hydrogens is 424 g/mol. The van der Waals surface area contributed by atoms with Crippen molar-refractivity contribution in [2.75, 3.05) is 0 Å². The fourth-order valence-corrected chi connectivity index (χ4v) is 4.79. The van der Waals surface area contributed by atoms with Gasteiger partial charge in [-0.1, -0.05) is 45.1 Å². The van der Waals surface area contributed by atoms with Gasteiger partial charge in [0, 0.05) is 17.5 Å². The summed E-state index contributed by atoms with van der Waals surface area (Å²) in [4.78, 5) is 25.9. The molecule has 0 bridgehead atoms. The Balaban J connectivity index is 1.66. The molecule has 0 radical (unpaired) electrons. The number of hydrogen-bond acceptors (Lipinski definition) is 6. The minimum atomic E-state index is -0.993. The molecular formula is C25H38N2O6. The maximum Gasteiger partial charge on any atom is 0.303 e. The highest BCUT2D eigenvalue weighted by atomic mass is 16.5. The number of aliphatic carboxylic acids is 1. The number of hydrogen-bond donors (Lipinski definition) is 4. The lowest BCUT2D eigenvalue weighted by molar-refractivity contribution is -0.137.